The van der Waals surface area contributed by atoms with Crippen LogP contribution >= 0.6 is 11.8 Å². The Morgan fingerprint density at radius 1 is 0.806 bits per heavy atom. The lowest BCUT2D eigenvalue weighted by Crippen LogP contribution is -2.37. The summed E-state index contributed by atoms with van der Waals surface area (Å²) in [6.45, 7) is 3.87. The zero-order valence-electron chi connectivity index (χ0n) is 17.7. The molecule has 0 spiro atoms. The molecule has 3 fully saturated rings. The summed E-state index contributed by atoms with van der Waals surface area (Å²) in [5.41, 5.74) is 4.34. The molecule has 0 aliphatic carbocycles. The summed E-state index contributed by atoms with van der Waals surface area (Å²) >= 11 is 1.62. The van der Waals surface area contributed by atoms with Gasteiger partial charge in [0, 0.05) is 26.2 Å². The highest BCUT2D eigenvalue weighted by Gasteiger charge is 2.34. The zero-order valence-corrected chi connectivity index (χ0v) is 18.6. The summed E-state index contributed by atoms with van der Waals surface area (Å²) in [5, 5.41) is 1.58. The Hall–Kier alpha value is -2.55. The van der Waals surface area contributed by atoms with Gasteiger partial charge in [-0.25, -0.2) is 5.01 Å². The van der Waals surface area contributed by atoms with Crippen molar-refractivity contribution in [1.29, 1.82) is 0 Å². The van der Waals surface area contributed by atoms with Crippen molar-refractivity contribution in [1.82, 2.24) is 20.0 Å². The first-order chi connectivity index (χ1) is 15.3. The summed E-state index contributed by atoms with van der Waals surface area (Å²) in [6.07, 6.45) is 7.14. The van der Waals surface area contributed by atoms with Crippen molar-refractivity contribution >= 4 is 35.5 Å². The van der Waals surface area contributed by atoms with Crippen LogP contribution in [0.3, 0.4) is 0 Å². The summed E-state index contributed by atoms with van der Waals surface area (Å²) in [4.78, 5) is 31.5. The summed E-state index contributed by atoms with van der Waals surface area (Å²) < 4.78 is 0. The molecule has 4 heterocycles. The van der Waals surface area contributed by atoms with Gasteiger partial charge in [0.1, 0.15) is 5.37 Å². The average Bonchev–Trinajstić information content (AvgIpc) is 3.20. The lowest BCUT2D eigenvalue weighted by atomic mass is 10.1. The van der Waals surface area contributed by atoms with E-state index in [-0.39, 0.29) is 11.3 Å². The first-order valence-electron chi connectivity index (χ1n) is 11.3. The fourth-order valence-corrected chi connectivity index (χ4v) is 5.50. The first kappa shape index (κ1) is 20.4. The largest absolute Gasteiger partial charge is 0.341 e. The van der Waals surface area contributed by atoms with Crippen LogP contribution < -0.4 is 15.2 Å². The SMILES string of the molecule is O=C1CS[C@H](c2ccccc2)N1Nc1nc(N2CCCCC2)nc(N2CCCCC2)n1. The quantitative estimate of drug-likeness (QED) is 0.759. The van der Waals surface area contributed by atoms with E-state index >= 15 is 0 Å². The molecular formula is C22H29N7OS. The number of rotatable bonds is 5. The number of aromatic nitrogens is 3. The summed E-state index contributed by atoms with van der Waals surface area (Å²) in [5.74, 6) is 2.36. The van der Waals surface area contributed by atoms with Crippen LogP contribution in [0.15, 0.2) is 30.3 Å². The van der Waals surface area contributed by atoms with Gasteiger partial charge < -0.3 is 9.80 Å². The second-order valence-corrected chi connectivity index (χ2v) is 9.37. The Morgan fingerprint density at radius 2 is 1.39 bits per heavy atom. The second-order valence-electron chi connectivity index (χ2n) is 8.30. The van der Waals surface area contributed by atoms with Gasteiger partial charge in [0.25, 0.3) is 5.91 Å². The number of anilines is 3. The molecule has 0 bridgehead atoms. The van der Waals surface area contributed by atoms with Gasteiger partial charge in [0.05, 0.1) is 5.75 Å². The van der Waals surface area contributed by atoms with Gasteiger partial charge in [-0.3, -0.25) is 10.2 Å². The number of hydrazine groups is 1. The fourth-order valence-electron chi connectivity index (χ4n) is 4.39. The number of hydrogen-bond donors (Lipinski definition) is 1. The predicted molar refractivity (Wildman–Crippen MR) is 124 cm³/mol. The third-order valence-electron chi connectivity index (χ3n) is 6.06. The smallest absolute Gasteiger partial charge is 0.252 e. The molecule has 0 saturated carbocycles. The molecule has 5 rings (SSSR count). The molecule has 9 heteroatoms. The predicted octanol–water partition coefficient (Wildman–Crippen LogP) is 3.45. The van der Waals surface area contributed by atoms with Gasteiger partial charge in [-0.15, -0.1) is 11.8 Å². The number of carbonyl (C=O) groups is 1. The maximum atomic E-state index is 12.7. The van der Waals surface area contributed by atoms with Crippen molar-refractivity contribution in [2.45, 2.75) is 43.9 Å². The molecule has 3 aliphatic rings. The standard InChI is InChI=1S/C22H29N7OS/c30-18-16-31-19(17-10-4-1-5-11-17)29(18)26-20-23-21(27-12-6-2-7-13-27)25-22(24-20)28-14-8-3-9-15-28/h1,4-5,10-11,19H,2-3,6-9,12-16H2,(H,23,24,25,26)/t19-/m1/s1. The van der Waals surface area contributed by atoms with Crippen LogP contribution in [0.5, 0.6) is 0 Å². The first-order valence-corrected chi connectivity index (χ1v) is 12.3. The minimum Gasteiger partial charge on any atom is -0.341 e. The van der Waals surface area contributed by atoms with Gasteiger partial charge in [0.2, 0.25) is 17.8 Å². The Kier molecular flexibility index (Phi) is 6.11. The molecular weight excluding hydrogens is 410 g/mol. The van der Waals surface area contributed by atoms with Crippen LogP contribution in [-0.2, 0) is 4.79 Å². The van der Waals surface area contributed by atoms with Gasteiger partial charge in [-0.1, -0.05) is 30.3 Å². The van der Waals surface area contributed by atoms with E-state index in [0.717, 1.165) is 57.4 Å². The maximum Gasteiger partial charge on any atom is 0.252 e. The van der Waals surface area contributed by atoms with Crippen LogP contribution in [0.25, 0.3) is 0 Å². The molecule has 31 heavy (non-hydrogen) atoms. The van der Waals surface area contributed by atoms with Gasteiger partial charge in [-0.2, -0.15) is 15.0 Å². The Labute approximate surface area is 187 Å². The average molecular weight is 440 g/mol. The van der Waals surface area contributed by atoms with Crippen molar-refractivity contribution in [3.8, 4) is 0 Å². The lowest BCUT2D eigenvalue weighted by molar-refractivity contribution is -0.126. The molecule has 1 N–H and O–H groups in total. The molecule has 3 saturated heterocycles. The number of carbonyl (C=O) groups excluding carboxylic acids is 1. The number of nitrogens with one attached hydrogen (secondary N) is 1. The normalized spacial score (nSPS) is 22.1. The number of thioether (sulfide) groups is 1. The molecule has 1 amide bonds. The van der Waals surface area contributed by atoms with Crippen LogP contribution in [0.4, 0.5) is 17.8 Å². The van der Waals surface area contributed by atoms with Gasteiger partial charge >= 0.3 is 0 Å². The van der Waals surface area contributed by atoms with Gasteiger partial charge in [-0.05, 0) is 44.1 Å². The number of benzene rings is 1. The summed E-state index contributed by atoms with van der Waals surface area (Å²) in [6, 6.07) is 10.1. The van der Waals surface area contributed by atoms with E-state index in [1.165, 1.54) is 12.8 Å². The molecule has 0 radical (unpaired) electrons. The molecule has 164 valence electrons. The van der Waals surface area contributed by atoms with E-state index in [2.05, 4.69) is 27.4 Å². The van der Waals surface area contributed by atoms with Crippen LogP contribution in [0, 0.1) is 0 Å². The fraction of sp³-hybridized carbons (Fsp3) is 0.545. The van der Waals surface area contributed by atoms with Crippen LogP contribution in [0.2, 0.25) is 0 Å². The Morgan fingerprint density at radius 3 is 1.97 bits per heavy atom. The Bertz CT molecular complexity index is 864. The number of amides is 1. The molecule has 2 aromatic rings. The third-order valence-corrected chi connectivity index (χ3v) is 7.28. The van der Waals surface area contributed by atoms with Crippen molar-refractivity contribution in [3.05, 3.63) is 35.9 Å². The lowest BCUT2D eigenvalue weighted by Gasteiger charge is -2.31. The van der Waals surface area contributed by atoms with E-state index in [1.807, 2.05) is 18.2 Å². The molecule has 1 atom stereocenters. The summed E-state index contributed by atoms with van der Waals surface area (Å²) in [7, 11) is 0. The van der Waals surface area contributed by atoms with E-state index in [0.29, 0.717) is 23.6 Å². The highest BCUT2D eigenvalue weighted by atomic mass is 32.2. The van der Waals surface area contributed by atoms with Gasteiger partial charge in [0.15, 0.2) is 0 Å². The van der Waals surface area contributed by atoms with Crippen molar-refractivity contribution in [2.24, 2.45) is 0 Å². The molecule has 1 aromatic carbocycles. The van der Waals surface area contributed by atoms with Crippen LogP contribution in [0.1, 0.15) is 49.5 Å². The van der Waals surface area contributed by atoms with Crippen LogP contribution in [-0.4, -0.2) is 57.8 Å². The topological polar surface area (TPSA) is 77.5 Å². The van der Waals surface area contributed by atoms with E-state index < -0.39 is 0 Å². The van der Waals surface area contributed by atoms with E-state index in [9.17, 15) is 4.79 Å². The van der Waals surface area contributed by atoms with E-state index in [1.54, 1.807) is 16.8 Å². The molecule has 1 aromatic heterocycles. The monoisotopic (exact) mass is 439 g/mol. The molecule has 3 aliphatic heterocycles. The highest BCUT2D eigenvalue weighted by molar-refractivity contribution is 8.00. The van der Waals surface area contributed by atoms with E-state index in [4.69, 9.17) is 15.0 Å². The van der Waals surface area contributed by atoms with Crippen molar-refractivity contribution in [3.63, 3.8) is 0 Å². The number of piperidine rings is 2. The van der Waals surface area contributed by atoms with Crippen molar-refractivity contribution < 1.29 is 4.79 Å². The number of hydrogen-bond acceptors (Lipinski definition) is 8. The molecule has 0 unspecified atom stereocenters. The Balaban J connectivity index is 1.44. The minimum atomic E-state index is -0.0951. The molecule has 8 nitrogen and oxygen atoms in total. The third kappa shape index (κ3) is 4.56. The number of nitrogens with zero attached hydrogens (tertiary/aromatic N) is 6. The highest BCUT2D eigenvalue weighted by Crippen LogP contribution is 2.38. The zero-order chi connectivity index (χ0) is 21.0. The minimum absolute atomic E-state index is 0.0401. The maximum absolute atomic E-state index is 12.7. The second kappa shape index (κ2) is 9.30. The van der Waals surface area contributed by atoms with Crippen molar-refractivity contribution in [2.75, 3.05) is 47.2 Å².